The van der Waals surface area contributed by atoms with Gasteiger partial charge in [0.1, 0.15) is 11.6 Å². The van der Waals surface area contributed by atoms with E-state index in [1.54, 1.807) is 25.1 Å². The Morgan fingerprint density at radius 3 is 2.64 bits per heavy atom. The number of halogens is 1. The van der Waals surface area contributed by atoms with Crippen molar-refractivity contribution >= 4 is 5.82 Å². The molecule has 0 fully saturated rings. The van der Waals surface area contributed by atoms with Crippen LogP contribution in [0, 0.1) is 12.7 Å². The average Bonchev–Trinajstić information content (AvgIpc) is 2.48. The first-order chi connectivity index (χ1) is 6.70. The van der Waals surface area contributed by atoms with E-state index in [0.717, 1.165) is 0 Å². The molecule has 2 aromatic rings. The summed E-state index contributed by atoms with van der Waals surface area (Å²) < 4.78 is 18.3. The predicted molar refractivity (Wildman–Crippen MR) is 51.0 cm³/mol. The molecule has 4 heteroatoms. The van der Waals surface area contributed by atoms with E-state index in [9.17, 15) is 4.39 Å². The first-order valence-electron chi connectivity index (χ1n) is 4.17. The summed E-state index contributed by atoms with van der Waals surface area (Å²) in [4.78, 5) is 0. The Bertz CT molecular complexity index is 445. The molecule has 1 heterocycles. The monoisotopic (exact) mass is 192 g/mol. The summed E-state index contributed by atoms with van der Waals surface area (Å²) in [6.45, 7) is 1.70. The maximum Gasteiger partial charge on any atom is 0.175 e. The lowest BCUT2D eigenvalue weighted by Crippen LogP contribution is -1.90. The van der Waals surface area contributed by atoms with Gasteiger partial charge < -0.3 is 10.3 Å². The molecule has 0 aliphatic carbocycles. The van der Waals surface area contributed by atoms with Crippen molar-refractivity contribution in [2.24, 2.45) is 0 Å². The Labute approximate surface area is 80.3 Å². The number of aromatic nitrogens is 1. The second kappa shape index (κ2) is 3.14. The van der Waals surface area contributed by atoms with Gasteiger partial charge in [-0.25, -0.2) is 4.39 Å². The van der Waals surface area contributed by atoms with E-state index in [2.05, 4.69) is 5.16 Å². The molecule has 0 aliphatic rings. The molecule has 0 unspecified atom stereocenters. The van der Waals surface area contributed by atoms with Crippen LogP contribution < -0.4 is 5.73 Å². The Balaban J connectivity index is 2.66. The molecule has 0 amide bonds. The molecule has 1 aromatic heterocycles. The highest BCUT2D eigenvalue weighted by atomic mass is 19.1. The summed E-state index contributed by atoms with van der Waals surface area (Å²) in [5.41, 5.74) is 6.52. The van der Waals surface area contributed by atoms with Gasteiger partial charge in [-0.05, 0) is 13.0 Å². The van der Waals surface area contributed by atoms with Gasteiger partial charge in [-0.1, -0.05) is 23.4 Å². The lowest BCUT2D eigenvalue weighted by atomic mass is 10.1. The van der Waals surface area contributed by atoms with Crippen LogP contribution in [0.25, 0.3) is 11.1 Å². The fourth-order valence-electron chi connectivity index (χ4n) is 1.38. The van der Waals surface area contributed by atoms with Crippen molar-refractivity contribution in [2.45, 2.75) is 6.92 Å². The number of anilines is 1. The average molecular weight is 192 g/mol. The number of nitrogens with zero attached hydrogens (tertiary/aromatic N) is 1. The highest BCUT2D eigenvalue weighted by Crippen LogP contribution is 2.30. The number of rotatable bonds is 1. The fraction of sp³-hybridized carbons (Fsp3) is 0.100. The topological polar surface area (TPSA) is 52.0 Å². The van der Waals surface area contributed by atoms with Crippen LogP contribution in [0.15, 0.2) is 28.8 Å². The minimum Gasteiger partial charge on any atom is -0.380 e. The molecular formula is C10H9FN2O. The van der Waals surface area contributed by atoms with E-state index in [1.165, 1.54) is 6.07 Å². The maximum atomic E-state index is 13.4. The molecule has 2 N–H and O–H groups in total. The normalized spacial score (nSPS) is 10.4. The molecule has 3 nitrogen and oxygen atoms in total. The third-order valence-electron chi connectivity index (χ3n) is 2.03. The Hall–Kier alpha value is -1.84. The molecule has 14 heavy (non-hydrogen) atoms. The Morgan fingerprint density at radius 2 is 2.07 bits per heavy atom. The van der Waals surface area contributed by atoms with Crippen LogP contribution in [-0.2, 0) is 0 Å². The van der Waals surface area contributed by atoms with Gasteiger partial charge in [0, 0.05) is 5.56 Å². The minimum atomic E-state index is -0.328. The van der Waals surface area contributed by atoms with Crippen molar-refractivity contribution in [3.63, 3.8) is 0 Å². The third-order valence-corrected chi connectivity index (χ3v) is 2.03. The zero-order chi connectivity index (χ0) is 10.1. The largest absolute Gasteiger partial charge is 0.380 e. The third kappa shape index (κ3) is 1.25. The molecule has 0 saturated carbocycles. The second-order valence-electron chi connectivity index (χ2n) is 2.98. The molecule has 0 bridgehead atoms. The quantitative estimate of drug-likeness (QED) is 0.754. The van der Waals surface area contributed by atoms with Crippen LogP contribution in [0.3, 0.4) is 0 Å². The van der Waals surface area contributed by atoms with Crippen molar-refractivity contribution in [3.8, 4) is 11.1 Å². The second-order valence-corrected chi connectivity index (χ2v) is 2.98. The van der Waals surface area contributed by atoms with E-state index in [-0.39, 0.29) is 11.6 Å². The van der Waals surface area contributed by atoms with Gasteiger partial charge in [-0.2, -0.15) is 0 Å². The molecule has 1 aromatic carbocycles. The summed E-state index contributed by atoms with van der Waals surface area (Å²) >= 11 is 0. The fourth-order valence-corrected chi connectivity index (χ4v) is 1.38. The van der Waals surface area contributed by atoms with Crippen LogP contribution >= 0.6 is 0 Å². The highest BCUT2D eigenvalue weighted by molar-refractivity contribution is 5.75. The van der Waals surface area contributed by atoms with E-state index in [4.69, 9.17) is 10.3 Å². The van der Waals surface area contributed by atoms with Crippen LogP contribution in [0.2, 0.25) is 0 Å². The van der Waals surface area contributed by atoms with Crippen LogP contribution in [0.4, 0.5) is 10.2 Å². The van der Waals surface area contributed by atoms with Crippen molar-refractivity contribution in [1.29, 1.82) is 0 Å². The summed E-state index contributed by atoms with van der Waals surface area (Å²) in [5, 5.41) is 3.57. The van der Waals surface area contributed by atoms with Crippen molar-refractivity contribution in [1.82, 2.24) is 5.16 Å². The van der Waals surface area contributed by atoms with Gasteiger partial charge in [0.05, 0.1) is 5.56 Å². The zero-order valence-electron chi connectivity index (χ0n) is 7.62. The molecule has 72 valence electrons. The lowest BCUT2D eigenvalue weighted by Gasteiger charge is -2.00. The SMILES string of the molecule is Cc1onc(N)c1-c1ccccc1F. The maximum absolute atomic E-state index is 13.4. The molecule has 0 radical (unpaired) electrons. The van der Waals surface area contributed by atoms with Gasteiger partial charge >= 0.3 is 0 Å². The van der Waals surface area contributed by atoms with Crippen molar-refractivity contribution in [2.75, 3.05) is 5.73 Å². The van der Waals surface area contributed by atoms with Gasteiger partial charge in [0.15, 0.2) is 5.82 Å². The van der Waals surface area contributed by atoms with Gasteiger partial charge in [0.2, 0.25) is 0 Å². The van der Waals surface area contributed by atoms with Crippen LogP contribution in [0.1, 0.15) is 5.76 Å². The van der Waals surface area contributed by atoms with E-state index in [0.29, 0.717) is 16.9 Å². The van der Waals surface area contributed by atoms with E-state index in [1.807, 2.05) is 0 Å². The standard InChI is InChI=1S/C10H9FN2O/c1-6-9(10(12)13-14-6)7-4-2-3-5-8(7)11/h2-5H,1H3,(H2,12,13). The highest BCUT2D eigenvalue weighted by Gasteiger charge is 2.14. The molecular weight excluding hydrogens is 183 g/mol. The summed E-state index contributed by atoms with van der Waals surface area (Å²) in [5.74, 6) is 0.408. The predicted octanol–water partition coefficient (Wildman–Crippen LogP) is 2.37. The van der Waals surface area contributed by atoms with Gasteiger partial charge in [-0.15, -0.1) is 0 Å². The first kappa shape index (κ1) is 8.74. The van der Waals surface area contributed by atoms with Gasteiger partial charge in [-0.3, -0.25) is 0 Å². The van der Waals surface area contributed by atoms with Crippen LogP contribution in [0.5, 0.6) is 0 Å². The van der Waals surface area contributed by atoms with Crippen molar-refractivity contribution < 1.29 is 8.91 Å². The first-order valence-corrected chi connectivity index (χ1v) is 4.17. The number of nitrogens with two attached hydrogens (primary N) is 1. The van der Waals surface area contributed by atoms with E-state index >= 15 is 0 Å². The van der Waals surface area contributed by atoms with Gasteiger partial charge in [0.25, 0.3) is 0 Å². The number of nitrogen functional groups attached to an aromatic ring is 1. The molecule has 0 aliphatic heterocycles. The summed E-state index contributed by atoms with van der Waals surface area (Å²) in [6.07, 6.45) is 0. The minimum absolute atomic E-state index is 0.215. The number of benzene rings is 1. The Kier molecular flexibility index (Phi) is 1.96. The Morgan fingerprint density at radius 1 is 1.36 bits per heavy atom. The number of hydrogen-bond donors (Lipinski definition) is 1. The molecule has 2 rings (SSSR count). The van der Waals surface area contributed by atoms with E-state index < -0.39 is 0 Å². The molecule has 0 atom stereocenters. The lowest BCUT2D eigenvalue weighted by molar-refractivity contribution is 0.401. The summed E-state index contributed by atoms with van der Waals surface area (Å²) in [7, 11) is 0. The number of hydrogen-bond acceptors (Lipinski definition) is 3. The number of aryl methyl sites for hydroxylation is 1. The van der Waals surface area contributed by atoms with Crippen molar-refractivity contribution in [3.05, 3.63) is 35.8 Å². The summed E-state index contributed by atoms with van der Waals surface area (Å²) in [6, 6.07) is 6.38. The van der Waals surface area contributed by atoms with Crippen LogP contribution in [-0.4, -0.2) is 5.16 Å². The molecule has 0 saturated heterocycles. The smallest absolute Gasteiger partial charge is 0.175 e. The molecule has 0 spiro atoms. The zero-order valence-corrected chi connectivity index (χ0v) is 7.62.